The fourth-order valence-corrected chi connectivity index (χ4v) is 2.51. The first-order valence-corrected chi connectivity index (χ1v) is 7.20. The third-order valence-corrected chi connectivity index (χ3v) is 4.14. The molecule has 0 bridgehead atoms. The third kappa shape index (κ3) is 2.97. The van der Waals surface area contributed by atoms with Gasteiger partial charge >= 0.3 is 0 Å². The van der Waals surface area contributed by atoms with Gasteiger partial charge in [-0.2, -0.15) is 0 Å². The van der Waals surface area contributed by atoms with E-state index in [1.807, 2.05) is 30.5 Å². The fraction of sp³-hybridized carbons (Fsp3) is 0.231. The molecule has 2 rings (SSSR count). The molecule has 0 spiro atoms. The van der Waals surface area contributed by atoms with Gasteiger partial charge in [0, 0.05) is 22.5 Å². The highest BCUT2D eigenvalue weighted by molar-refractivity contribution is 9.10. The van der Waals surface area contributed by atoms with Gasteiger partial charge < -0.3 is 4.90 Å². The highest BCUT2D eigenvalue weighted by Gasteiger charge is 2.13. The minimum atomic E-state index is 0.00343. The normalized spacial score (nSPS) is 10.4. The Morgan fingerprint density at radius 3 is 2.89 bits per heavy atom. The zero-order chi connectivity index (χ0) is 13.1. The molecule has 0 aliphatic heterocycles. The summed E-state index contributed by atoms with van der Waals surface area (Å²) in [6.07, 6.45) is 0. The van der Waals surface area contributed by atoms with Crippen LogP contribution >= 0.6 is 27.3 Å². The first kappa shape index (κ1) is 13.2. The van der Waals surface area contributed by atoms with Crippen LogP contribution < -0.4 is 0 Å². The van der Waals surface area contributed by atoms with Crippen molar-refractivity contribution in [1.29, 1.82) is 0 Å². The Kier molecular flexibility index (Phi) is 4.14. The second-order valence-corrected chi connectivity index (χ2v) is 5.68. The molecule has 2 aromatic rings. The largest absolute Gasteiger partial charge is 0.336 e. The van der Waals surface area contributed by atoms with E-state index in [0.29, 0.717) is 12.1 Å². The molecule has 1 aromatic heterocycles. The molecule has 0 radical (unpaired) electrons. The van der Waals surface area contributed by atoms with E-state index in [4.69, 9.17) is 0 Å². The molecule has 0 fully saturated rings. The Bertz CT molecular complexity index is 554. The number of halogens is 1. The molecule has 0 aliphatic carbocycles. The Labute approximate surface area is 119 Å². The van der Waals surface area contributed by atoms with Crippen LogP contribution in [0.2, 0.25) is 0 Å². The molecule has 1 heterocycles. The van der Waals surface area contributed by atoms with Crippen molar-refractivity contribution in [2.75, 3.05) is 7.05 Å². The highest BCUT2D eigenvalue weighted by atomic mass is 79.9. The fourth-order valence-electron chi connectivity index (χ4n) is 1.58. The van der Waals surface area contributed by atoms with Crippen LogP contribution in [0.3, 0.4) is 0 Å². The maximum Gasteiger partial charge on any atom is 0.253 e. The minimum Gasteiger partial charge on any atom is -0.336 e. The summed E-state index contributed by atoms with van der Waals surface area (Å²) >= 11 is 4.98. The number of carbonyl (C=O) groups is 1. The summed E-state index contributed by atoms with van der Waals surface area (Å²) in [5.41, 5.74) is 4.50. The van der Waals surface area contributed by atoms with Crippen LogP contribution in [0.1, 0.15) is 21.6 Å². The van der Waals surface area contributed by atoms with Crippen LogP contribution in [-0.2, 0) is 6.54 Å². The van der Waals surface area contributed by atoms with E-state index in [-0.39, 0.29) is 5.91 Å². The highest BCUT2D eigenvalue weighted by Crippen LogP contribution is 2.18. The van der Waals surface area contributed by atoms with Gasteiger partial charge in [0.15, 0.2) is 0 Å². The number of amides is 1. The standard InChI is InChI=1S/C13H13BrN2OS/c1-9-3-4-10(5-12(9)14)13(17)16(2)6-11-7-18-8-15-11/h3-5,7-8H,6H2,1-2H3. The number of hydrogen-bond donors (Lipinski definition) is 0. The van der Waals surface area contributed by atoms with Crippen molar-refractivity contribution >= 4 is 33.2 Å². The second kappa shape index (κ2) is 5.63. The molecule has 1 aromatic carbocycles. The van der Waals surface area contributed by atoms with Crippen molar-refractivity contribution in [3.05, 3.63) is 50.4 Å². The monoisotopic (exact) mass is 324 g/mol. The molecule has 3 nitrogen and oxygen atoms in total. The molecule has 0 unspecified atom stereocenters. The molecule has 5 heteroatoms. The lowest BCUT2D eigenvalue weighted by atomic mass is 10.1. The van der Waals surface area contributed by atoms with Gasteiger partial charge in [-0.1, -0.05) is 22.0 Å². The summed E-state index contributed by atoms with van der Waals surface area (Å²) < 4.78 is 0.954. The average molecular weight is 325 g/mol. The van der Waals surface area contributed by atoms with E-state index in [1.54, 1.807) is 17.5 Å². The van der Waals surface area contributed by atoms with Crippen molar-refractivity contribution < 1.29 is 4.79 Å². The van der Waals surface area contributed by atoms with Gasteiger partial charge in [0.05, 0.1) is 17.7 Å². The maximum absolute atomic E-state index is 12.2. The molecular formula is C13H13BrN2OS. The van der Waals surface area contributed by atoms with Crippen LogP contribution in [0.4, 0.5) is 0 Å². The number of carbonyl (C=O) groups excluding carboxylic acids is 1. The summed E-state index contributed by atoms with van der Waals surface area (Å²) in [4.78, 5) is 18.1. The minimum absolute atomic E-state index is 0.00343. The number of thiazole rings is 1. The number of hydrogen-bond acceptors (Lipinski definition) is 3. The smallest absolute Gasteiger partial charge is 0.253 e. The zero-order valence-electron chi connectivity index (χ0n) is 10.2. The number of nitrogens with zero attached hydrogens (tertiary/aromatic N) is 2. The quantitative estimate of drug-likeness (QED) is 0.865. The Hall–Kier alpha value is -1.20. The van der Waals surface area contributed by atoms with E-state index in [9.17, 15) is 4.79 Å². The predicted molar refractivity (Wildman–Crippen MR) is 76.8 cm³/mol. The molecule has 0 atom stereocenters. The van der Waals surface area contributed by atoms with E-state index in [2.05, 4.69) is 20.9 Å². The second-order valence-electron chi connectivity index (χ2n) is 4.10. The summed E-state index contributed by atoms with van der Waals surface area (Å²) in [6, 6.07) is 5.64. The van der Waals surface area contributed by atoms with E-state index in [1.165, 1.54) is 11.3 Å². The van der Waals surface area contributed by atoms with Crippen LogP contribution in [0, 0.1) is 6.92 Å². The summed E-state index contributed by atoms with van der Waals surface area (Å²) in [5, 5.41) is 1.95. The zero-order valence-corrected chi connectivity index (χ0v) is 12.6. The molecule has 1 amide bonds. The molecular weight excluding hydrogens is 312 g/mol. The van der Waals surface area contributed by atoms with Crippen LogP contribution in [-0.4, -0.2) is 22.8 Å². The van der Waals surface area contributed by atoms with Gasteiger partial charge in [-0.25, -0.2) is 4.98 Å². The Balaban J connectivity index is 2.12. The van der Waals surface area contributed by atoms with Gasteiger partial charge in [-0.05, 0) is 24.6 Å². The number of aromatic nitrogens is 1. The SMILES string of the molecule is Cc1ccc(C(=O)N(C)Cc2cscn2)cc1Br. The van der Waals surface area contributed by atoms with Gasteiger partial charge in [-0.15, -0.1) is 11.3 Å². The Morgan fingerprint density at radius 2 is 2.28 bits per heavy atom. The average Bonchev–Trinajstić information content (AvgIpc) is 2.84. The van der Waals surface area contributed by atoms with Crippen molar-refractivity contribution in [3.63, 3.8) is 0 Å². The van der Waals surface area contributed by atoms with Crippen LogP contribution in [0.5, 0.6) is 0 Å². The number of aryl methyl sites for hydroxylation is 1. The van der Waals surface area contributed by atoms with Crippen molar-refractivity contribution in [2.24, 2.45) is 0 Å². The van der Waals surface area contributed by atoms with Crippen LogP contribution in [0.25, 0.3) is 0 Å². The molecule has 18 heavy (non-hydrogen) atoms. The van der Waals surface area contributed by atoms with E-state index >= 15 is 0 Å². The molecule has 0 aliphatic rings. The van der Waals surface area contributed by atoms with Crippen molar-refractivity contribution in [2.45, 2.75) is 13.5 Å². The first-order chi connectivity index (χ1) is 8.58. The number of benzene rings is 1. The van der Waals surface area contributed by atoms with E-state index < -0.39 is 0 Å². The maximum atomic E-state index is 12.2. The lowest BCUT2D eigenvalue weighted by Crippen LogP contribution is -2.26. The van der Waals surface area contributed by atoms with Gasteiger partial charge in [0.1, 0.15) is 0 Å². The summed E-state index contributed by atoms with van der Waals surface area (Å²) in [5.74, 6) is 0.00343. The van der Waals surface area contributed by atoms with Crippen LogP contribution in [0.15, 0.2) is 33.6 Å². The third-order valence-electron chi connectivity index (χ3n) is 2.65. The first-order valence-electron chi connectivity index (χ1n) is 5.46. The summed E-state index contributed by atoms with van der Waals surface area (Å²) in [7, 11) is 1.79. The lowest BCUT2D eigenvalue weighted by molar-refractivity contribution is 0.0783. The topological polar surface area (TPSA) is 33.2 Å². The number of rotatable bonds is 3. The molecule has 94 valence electrons. The summed E-state index contributed by atoms with van der Waals surface area (Å²) in [6.45, 7) is 2.53. The van der Waals surface area contributed by atoms with E-state index in [0.717, 1.165) is 15.7 Å². The van der Waals surface area contributed by atoms with Crippen molar-refractivity contribution in [1.82, 2.24) is 9.88 Å². The molecule has 0 N–H and O–H groups in total. The van der Waals surface area contributed by atoms with Gasteiger partial charge in [0.2, 0.25) is 0 Å². The lowest BCUT2D eigenvalue weighted by Gasteiger charge is -2.16. The molecule has 0 saturated heterocycles. The van der Waals surface area contributed by atoms with Crippen molar-refractivity contribution in [3.8, 4) is 0 Å². The molecule has 0 saturated carbocycles. The van der Waals surface area contributed by atoms with Gasteiger partial charge in [0.25, 0.3) is 5.91 Å². The van der Waals surface area contributed by atoms with Gasteiger partial charge in [-0.3, -0.25) is 4.79 Å². The Morgan fingerprint density at radius 1 is 1.50 bits per heavy atom. The predicted octanol–water partition coefficient (Wildman–Crippen LogP) is 3.49.